The van der Waals surface area contributed by atoms with Crippen LogP contribution in [0.25, 0.3) is 0 Å². The van der Waals surface area contributed by atoms with Crippen molar-refractivity contribution in [3.8, 4) is 0 Å². The van der Waals surface area contributed by atoms with Gasteiger partial charge in [-0.15, -0.1) is 0 Å². The summed E-state index contributed by atoms with van der Waals surface area (Å²) in [7, 11) is 0. The van der Waals surface area contributed by atoms with E-state index < -0.39 is 17.2 Å². The maximum atomic E-state index is 12.6. The first kappa shape index (κ1) is 24.2. The molecule has 3 aromatic carbocycles. The molecule has 0 heterocycles. The summed E-state index contributed by atoms with van der Waals surface area (Å²) in [5.41, 5.74) is 3.79. The van der Waals surface area contributed by atoms with Crippen molar-refractivity contribution in [2.45, 2.75) is 58.6 Å². The van der Waals surface area contributed by atoms with E-state index in [1.807, 2.05) is 75.4 Å². The molecule has 0 aliphatic carbocycles. The summed E-state index contributed by atoms with van der Waals surface area (Å²) in [5.74, 6) is 0. The SMILES string of the molecule is CCC(CC)(NC(=O)OC(C)(C)C)c1cccc(N=C(c2ccccc2)c2ccccc2)c1. The van der Waals surface area contributed by atoms with Crippen LogP contribution in [-0.4, -0.2) is 17.4 Å². The fourth-order valence-electron chi connectivity index (χ4n) is 3.90. The van der Waals surface area contributed by atoms with Crippen molar-refractivity contribution in [2.75, 3.05) is 0 Å². The Morgan fingerprint density at radius 1 is 0.818 bits per heavy atom. The van der Waals surface area contributed by atoms with Crippen LogP contribution in [0.2, 0.25) is 0 Å². The van der Waals surface area contributed by atoms with Crippen LogP contribution in [0.15, 0.2) is 89.9 Å². The summed E-state index contributed by atoms with van der Waals surface area (Å²) in [6.45, 7) is 9.77. The maximum Gasteiger partial charge on any atom is 0.408 e. The van der Waals surface area contributed by atoms with Crippen LogP contribution in [0.3, 0.4) is 0 Å². The molecule has 1 amide bonds. The molecule has 172 valence electrons. The van der Waals surface area contributed by atoms with E-state index in [1.165, 1.54) is 0 Å². The Bertz CT molecular complexity index is 1040. The van der Waals surface area contributed by atoms with E-state index in [9.17, 15) is 4.79 Å². The number of carbonyl (C=O) groups excluding carboxylic acids is 1. The average molecular weight is 443 g/mol. The van der Waals surface area contributed by atoms with E-state index in [4.69, 9.17) is 9.73 Å². The molecule has 1 N–H and O–H groups in total. The van der Waals surface area contributed by atoms with Crippen LogP contribution in [-0.2, 0) is 10.3 Å². The molecule has 0 aliphatic heterocycles. The van der Waals surface area contributed by atoms with Gasteiger partial charge in [0.25, 0.3) is 0 Å². The van der Waals surface area contributed by atoms with Gasteiger partial charge in [0.2, 0.25) is 0 Å². The lowest BCUT2D eigenvalue weighted by molar-refractivity contribution is 0.0443. The number of rotatable bonds is 7. The van der Waals surface area contributed by atoms with Gasteiger partial charge < -0.3 is 10.1 Å². The second-order valence-electron chi connectivity index (χ2n) is 9.16. The summed E-state index contributed by atoms with van der Waals surface area (Å²) in [6, 6.07) is 28.5. The number of ether oxygens (including phenoxy) is 1. The van der Waals surface area contributed by atoms with E-state index in [1.54, 1.807) is 0 Å². The standard InChI is InChI=1S/C29H34N2O2/c1-6-29(7-2,31-27(32)33-28(3,4)5)24-19-14-20-25(21-24)30-26(22-15-10-8-11-16-22)23-17-12-9-13-18-23/h8-21H,6-7H2,1-5H3,(H,31,32). The summed E-state index contributed by atoms with van der Waals surface area (Å²) < 4.78 is 5.55. The quantitative estimate of drug-likeness (QED) is 0.388. The molecule has 33 heavy (non-hydrogen) atoms. The van der Waals surface area contributed by atoms with Gasteiger partial charge in [-0.1, -0.05) is 86.6 Å². The van der Waals surface area contributed by atoms with Gasteiger partial charge in [0.15, 0.2) is 0 Å². The minimum absolute atomic E-state index is 0.408. The lowest BCUT2D eigenvalue weighted by Gasteiger charge is -2.34. The van der Waals surface area contributed by atoms with E-state index >= 15 is 0 Å². The van der Waals surface area contributed by atoms with Gasteiger partial charge in [-0.2, -0.15) is 0 Å². The van der Waals surface area contributed by atoms with Crippen molar-refractivity contribution in [3.63, 3.8) is 0 Å². The van der Waals surface area contributed by atoms with Crippen LogP contribution in [0, 0.1) is 0 Å². The van der Waals surface area contributed by atoms with Gasteiger partial charge in [0.1, 0.15) is 5.60 Å². The van der Waals surface area contributed by atoms with Gasteiger partial charge >= 0.3 is 6.09 Å². The number of amides is 1. The van der Waals surface area contributed by atoms with Crippen molar-refractivity contribution in [2.24, 2.45) is 4.99 Å². The predicted octanol–water partition coefficient (Wildman–Crippen LogP) is 7.40. The molecule has 3 aromatic rings. The van der Waals surface area contributed by atoms with Crippen LogP contribution >= 0.6 is 0 Å². The normalized spacial score (nSPS) is 11.5. The smallest absolute Gasteiger partial charge is 0.408 e. The topological polar surface area (TPSA) is 50.7 Å². The van der Waals surface area contributed by atoms with E-state index in [-0.39, 0.29) is 0 Å². The number of hydrogen-bond donors (Lipinski definition) is 1. The zero-order chi connectivity index (χ0) is 23.9. The Hall–Kier alpha value is -3.40. The van der Waals surface area contributed by atoms with Gasteiger partial charge in [0, 0.05) is 11.1 Å². The van der Waals surface area contributed by atoms with Gasteiger partial charge in [0.05, 0.1) is 16.9 Å². The van der Waals surface area contributed by atoms with Crippen molar-refractivity contribution >= 4 is 17.5 Å². The third kappa shape index (κ3) is 6.32. The molecule has 0 spiro atoms. The fraction of sp³-hybridized carbons (Fsp3) is 0.310. The molecule has 0 unspecified atom stereocenters. The molecule has 0 saturated carbocycles. The third-order valence-corrected chi connectivity index (χ3v) is 5.68. The maximum absolute atomic E-state index is 12.6. The molecular formula is C29H34N2O2. The number of benzene rings is 3. The Morgan fingerprint density at radius 2 is 1.36 bits per heavy atom. The highest BCUT2D eigenvalue weighted by atomic mass is 16.6. The summed E-state index contributed by atoms with van der Waals surface area (Å²) in [4.78, 5) is 17.7. The van der Waals surface area contributed by atoms with Crippen molar-refractivity contribution in [1.29, 1.82) is 0 Å². The first-order valence-corrected chi connectivity index (χ1v) is 11.6. The van der Waals surface area contributed by atoms with E-state index in [2.05, 4.69) is 49.5 Å². The lowest BCUT2D eigenvalue weighted by Crippen LogP contribution is -2.47. The first-order valence-electron chi connectivity index (χ1n) is 11.6. The number of carbonyl (C=O) groups is 1. The van der Waals surface area contributed by atoms with Gasteiger partial charge in [-0.25, -0.2) is 9.79 Å². The van der Waals surface area contributed by atoms with Crippen molar-refractivity contribution in [1.82, 2.24) is 5.32 Å². The number of nitrogens with one attached hydrogen (secondary N) is 1. The van der Waals surface area contributed by atoms with Gasteiger partial charge in [-0.05, 0) is 51.3 Å². The van der Waals surface area contributed by atoms with Crippen LogP contribution in [0.5, 0.6) is 0 Å². The molecule has 0 fully saturated rings. The molecule has 4 nitrogen and oxygen atoms in total. The monoisotopic (exact) mass is 442 g/mol. The Balaban J connectivity index is 2.02. The van der Waals surface area contributed by atoms with Crippen molar-refractivity contribution < 1.29 is 9.53 Å². The number of alkyl carbamates (subject to hydrolysis) is 1. The largest absolute Gasteiger partial charge is 0.444 e. The predicted molar refractivity (Wildman–Crippen MR) is 136 cm³/mol. The van der Waals surface area contributed by atoms with E-state index in [0.29, 0.717) is 0 Å². The van der Waals surface area contributed by atoms with Gasteiger partial charge in [-0.3, -0.25) is 0 Å². The fourth-order valence-corrected chi connectivity index (χ4v) is 3.90. The summed E-state index contributed by atoms with van der Waals surface area (Å²) in [6.07, 6.45) is 1.06. The number of nitrogens with zero attached hydrogens (tertiary/aromatic N) is 1. The summed E-state index contributed by atoms with van der Waals surface area (Å²) in [5, 5.41) is 3.14. The zero-order valence-corrected chi connectivity index (χ0v) is 20.3. The van der Waals surface area contributed by atoms with Crippen LogP contribution in [0.1, 0.15) is 64.2 Å². The zero-order valence-electron chi connectivity index (χ0n) is 20.3. The molecule has 0 radical (unpaired) electrons. The first-order chi connectivity index (χ1) is 15.8. The highest BCUT2D eigenvalue weighted by Gasteiger charge is 2.32. The molecule has 0 saturated heterocycles. The van der Waals surface area contributed by atoms with Crippen LogP contribution in [0.4, 0.5) is 10.5 Å². The molecule has 0 atom stereocenters. The molecule has 4 heteroatoms. The second kappa shape index (κ2) is 10.5. The highest BCUT2D eigenvalue weighted by molar-refractivity contribution is 6.13. The van der Waals surface area contributed by atoms with Crippen molar-refractivity contribution in [3.05, 3.63) is 102 Å². The van der Waals surface area contributed by atoms with Crippen LogP contribution < -0.4 is 5.32 Å². The number of aliphatic imine (C=N–C) groups is 1. The Kier molecular flexibility index (Phi) is 7.70. The lowest BCUT2D eigenvalue weighted by atomic mass is 9.84. The molecule has 0 aliphatic rings. The molecule has 0 bridgehead atoms. The second-order valence-corrected chi connectivity index (χ2v) is 9.16. The van der Waals surface area contributed by atoms with E-state index in [0.717, 1.165) is 40.9 Å². The average Bonchev–Trinajstić information content (AvgIpc) is 2.81. The molecular weight excluding hydrogens is 408 g/mol. The minimum atomic E-state index is -0.552. The molecule has 0 aromatic heterocycles. The minimum Gasteiger partial charge on any atom is -0.444 e. The number of hydrogen-bond acceptors (Lipinski definition) is 3. The Labute approximate surface area is 197 Å². The highest BCUT2D eigenvalue weighted by Crippen LogP contribution is 2.32. The molecule has 3 rings (SSSR count). The third-order valence-electron chi connectivity index (χ3n) is 5.68. The Morgan fingerprint density at radius 3 is 1.85 bits per heavy atom. The summed E-state index contributed by atoms with van der Waals surface area (Å²) >= 11 is 0.